The minimum absolute atomic E-state index is 0.116. The van der Waals surface area contributed by atoms with Gasteiger partial charge in [-0.1, -0.05) is 12.1 Å². The molecule has 3 heterocycles. The number of aliphatic carboxylic acids is 2. The van der Waals surface area contributed by atoms with Gasteiger partial charge < -0.3 is 25.4 Å². The van der Waals surface area contributed by atoms with E-state index in [0.29, 0.717) is 42.9 Å². The lowest BCUT2D eigenvalue weighted by Crippen LogP contribution is -2.49. The third-order valence-electron chi connectivity index (χ3n) is 5.74. The summed E-state index contributed by atoms with van der Waals surface area (Å²) in [4.78, 5) is 46.4. The minimum atomic E-state index is -1.03. The van der Waals surface area contributed by atoms with Crippen molar-refractivity contribution in [3.63, 3.8) is 0 Å². The summed E-state index contributed by atoms with van der Waals surface area (Å²) >= 11 is 0. The van der Waals surface area contributed by atoms with Crippen LogP contribution in [0.3, 0.4) is 0 Å². The van der Waals surface area contributed by atoms with E-state index in [2.05, 4.69) is 20.2 Å². The van der Waals surface area contributed by atoms with Crippen molar-refractivity contribution >= 4 is 40.3 Å². The molecule has 0 bridgehead atoms. The summed E-state index contributed by atoms with van der Waals surface area (Å²) in [6.45, 7) is 2.52. The van der Waals surface area contributed by atoms with Gasteiger partial charge in [-0.15, -0.1) is 0 Å². The summed E-state index contributed by atoms with van der Waals surface area (Å²) in [6, 6.07) is 10.1. The summed E-state index contributed by atoms with van der Waals surface area (Å²) in [5, 5.41) is 22.2. The molecule has 2 aromatic heterocycles. The predicted octanol–water partition coefficient (Wildman–Crippen LogP) is 2.31. The first kappa shape index (κ1) is 22.3. The van der Waals surface area contributed by atoms with Crippen LogP contribution in [0.5, 0.6) is 0 Å². The fourth-order valence-corrected chi connectivity index (χ4v) is 4.13. The summed E-state index contributed by atoms with van der Waals surface area (Å²) < 4.78 is 0. The second-order valence-corrected chi connectivity index (χ2v) is 7.90. The van der Waals surface area contributed by atoms with Crippen molar-refractivity contribution in [1.82, 2.24) is 14.9 Å². The van der Waals surface area contributed by atoms with Crippen molar-refractivity contribution in [2.24, 2.45) is 0 Å². The first-order valence-corrected chi connectivity index (χ1v) is 10.7. The Morgan fingerprint density at radius 2 is 1.85 bits per heavy atom. The second kappa shape index (κ2) is 9.70. The van der Waals surface area contributed by atoms with Crippen molar-refractivity contribution in [1.29, 1.82) is 0 Å². The van der Waals surface area contributed by atoms with Crippen LogP contribution in [0.25, 0.3) is 10.9 Å². The Bertz CT molecular complexity index is 1150. The Morgan fingerprint density at radius 3 is 2.52 bits per heavy atom. The van der Waals surface area contributed by atoms with Crippen LogP contribution in [0, 0.1) is 0 Å². The number of benzene rings is 1. The number of nitrogens with zero attached hydrogens (tertiary/aromatic N) is 3. The number of amides is 1. The highest BCUT2D eigenvalue weighted by Gasteiger charge is 2.32. The van der Waals surface area contributed by atoms with Gasteiger partial charge in [-0.25, -0.2) is 4.98 Å². The maximum Gasteiger partial charge on any atom is 0.325 e. The number of carbonyl (C=O) groups excluding carboxylic acids is 1. The number of piperazine rings is 1. The lowest BCUT2D eigenvalue weighted by Gasteiger charge is -2.38. The van der Waals surface area contributed by atoms with E-state index < -0.39 is 23.9 Å². The van der Waals surface area contributed by atoms with Gasteiger partial charge in [0.1, 0.15) is 11.9 Å². The van der Waals surface area contributed by atoms with Gasteiger partial charge >= 0.3 is 11.9 Å². The fraction of sp³-hybridized carbons (Fsp3) is 0.304. The largest absolute Gasteiger partial charge is 0.481 e. The van der Waals surface area contributed by atoms with Crippen molar-refractivity contribution < 1.29 is 24.6 Å². The molecule has 172 valence electrons. The number of carbonyl (C=O) groups is 3. The number of carboxylic acids is 2. The number of anilines is 2. The molecule has 0 radical (unpaired) electrons. The number of hydrogen-bond acceptors (Lipinski definition) is 6. The number of H-pyrrole nitrogens is 1. The van der Waals surface area contributed by atoms with Crippen LogP contribution in [0.1, 0.15) is 24.4 Å². The SMILES string of the molecule is O=C(O)CCC(=O)Nc1ccc2c([C@@H](C(=O)O)N3CCN(c4ccccn4)CC3)c[nH]c2c1. The highest BCUT2D eigenvalue weighted by Crippen LogP contribution is 2.31. The maximum absolute atomic E-state index is 12.2. The molecular formula is C23H25N5O5. The topological polar surface area (TPSA) is 139 Å². The van der Waals surface area contributed by atoms with Crippen molar-refractivity contribution in [3.8, 4) is 0 Å². The normalized spacial score (nSPS) is 15.3. The van der Waals surface area contributed by atoms with E-state index in [1.165, 1.54) is 0 Å². The Morgan fingerprint density at radius 1 is 1.06 bits per heavy atom. The summed E-state index contributed by atoms with van der Waals surface area (Å²) in [7, 11) is 0. The average molecular weight is 451 g/mol. The maximum atomic E-state index is 12.2. The fourth-order valence-electron chi connectivity index (χ4n) is 4.13. The molecule has 0 aliphatic carbocycles. The molecule has 4 rings (SSSR count). The number of aromatic nitrogens is 2. The zero-order chi connectivity index (χ0) is 23.4. The van der Waals surface area contributed by atoms with Crippen LogP contribution >= 0.6 is 0 Å². The molecule has 4 N–H and O–H groups in total. The van der Waals surface area contributed by atoms with E-state index in [4.69, 9.17) is 5.11 Å². The Balaban J connectivity index is 1.48. The standard InChI is InChI=1S/C23H25N5O5/c29-20(6-7-21(30)31)26-15-4-5-16-17(14-25-18(16)13-15)22(23(32)33)28-11-9-27(10-12-28)19-3-1-2-8-24-19/h1-5,8,13-14,22,25H,6-7,9-12H2,(H,26,29)(H,30,31)(H,32,33)/t22-/m0/s1. The molecule has 33 heavy (non-hydrogen) atoms. The van der Waals surface area contributed by atoms with Crippen LogP contribution in [0.15, 0.2) is 48.8 Å². The van der Waals surface area contributed by atoms with Gasteiger partial charge in [0.2, 0.25) is 5.91 Å². The van der Waals surface area contributed by atoms with Gasteiger partial charge in [-0.2, -0.15) is 0 Å². The second-order valence-electron chi connectivity index (χ2n) is 7.90. The molecule has 1 aromatic carbocycles. The Kier molecular flexibility index (Phi) is 6.55. The van der Waals surface area contributed by atoms with Crippen LogP contribution in [0.2, 0.25) is 0 Å². The van der Waals surface area contributed by atoms with Crippen molar-refractivity contribution in [3.05, 3.63) is 54.4 Å². The first-order valence-electron chi connectivity index (χ1n) is 10.7. The highest BCUT2D eigenvalue weighted by atomic mass is 16.4. The first-order chi connectivity index (χ1) is 15.9. The molecule has 0 saturated carbocycles. The quantitative estimate of drug-likeness (QED) is 0.409. The van der Waals surface area contributed by atoms with E-state index in [1.807, 2.05) is 23.1 Å². The number of rotatable bonds is 8. The summed E-state index contributed by atoms with van der Waals surface area (Å²) in [6.07, 6.45) is 3.09. The molecule has 1 saturated heterocycles. The molecule has 1 atom stereocenters. The molecule has 1 aliphatic heterocycles. The zero-order valence-corrected chi connectivity index (χ0v) is 17.9. The van der Waals surface area contributed by atoms with Gasteiger partial charge in [0.25, 0.3) is 0 Å². The molecule has 1 amide bonds. The predicted molar refractivity (Wildman–Crippen MR) is 122 cm³/mol. The molecule has 3 aromatic rings. The van der Waals surface area contributed by atoms with Gasteiger partial charge in [0, 0.05) is 67.1 Å². The molecule has 10 heteroatoms. The molecule has 1 fully saturated rings. The molecule has 1 aliphatic rings. The minimum Gasteiger partial charge on any atom is -0.481 e. The van der Waals surface area contributed by atoms with E-state index in [1.54, 1.807) is 30.6 Å². The van der Waals surface area contributed by atoms with Gasteiger partial charge in [-0.05, 0) is 24.3 Å². The number of fused-ring (bicyclic) bond motifs is 1. The van der Waals surface area contributed by atoms with E-state index >= 15 is 0 Å². The number of hydrogen-bond donors (Lipinski definition) is 4. The number of aromatic amines is 1. The van der Waals surface area contributed by atoms with Gasteiger partial charge in [0.15, 0.2) is 0 Å². The number of pyridine rings is 1. The smallest absolute Gasteiger partial charge is 0.325 e. The molecular weight excluding hydrogens is 426 g/mol. The number of nitrogens with one attached hydrogen (secondary N) is 2. The third kappa shape index (κ3) is 5.12. The summed E-state index contributed by atoms with van der Waals surface area (Å²) in [5.74, 6) is -1.46. The van der Waals surface area contributed by atoms with E-state index in [0.717, 1.165) is 11.2 Å². The third-order valence-corrected chi connectivity index (χ3v) is 5.74. The molecule has 0 unspecified atom stereocenters. The lowest BCUT2D eigenvalue weighted by molar-refractivity contribution is -0.143. The van der Waals surface area contributed by atoms with Gasteiger partial charge in [-0.3, -0.25) is 19.3 Å². The zero-order valence-electron chi connectivity index (χ0n) is 17.9. The summed E-state index contributed by atoms with van der Waals surface area (Å²) in [5.41, 5.74) is 1.87. The van der Waals surface area contributed by atoms with Crippen molar-refractivity contribution in [2.75, 3.05) is 36.4 Å². The average Bonchev–Trinajstić information content (AvgIpc) is 3.21. The Hall–Kier alpha value is -3.92. The number of carboxylic acid groups (broad SMARTS) is 2. The van der Waals surface area contributed by atoms with Crippen LogP contribution < -0.4 is 10.2 Å². The van der Waals surface area contributed by atoms with E-state index in [9.17, 15) is 19.5 Å². The van der Waals surface area contributed by atoms with E-state index in [-0.39, 0.29) is 12.8 Å². The monoisotopic (exact) mass is 451 g/mol. The van der Waals surface area contributed by atoms with Crippen molar-refractivity contribution in [2.45, 2.75) is 18.9 Å². The van der Waals surface area contributed by atoms with Gasteiger partial charge in [0.05, 0.1) is 6.42 Å². The molecule has 0 spiro atoms. The van der Waals surface area contributed by atoms with Crippen LogP contribution in [0.4, 0.5) is 11.5 Å². The highest BCUT2D eigenvalue weighted by molar-refractivity contribution is 5.96. The Labute approximate surface area is 189 Å². The van der Waals surface area contributed by atoms with Crippen LogP contribution in [-0.2, 0) is 14.4 Å². The van der Waals surface area contributed by atoms with Crippen LogP contribution in [-0.4, -0.2) is 69.1 Å². The molecule has 10 nitrogen and oxygen atoms in total. The lowest BCUT2D eigenvalue weighted by atomic mass is 10.0.